The second-order valence-corrected chi connectivity index (χ2v) is 6.51. The lowest BCUT2D eigenvalue weighted by molar-refractivity contribution is 0.0914. The first-order chi connectivity index (χ1) is 10.4. The van der Waals surface area contributed by atoms with Gasteiger partial charge in [-0.15, -0.1) is 0 Å². The molecule has 0 aromatic rings. The van der Waals surface area contributed by atoms with E-state index in [2.05, 4.69) is 10.3 Å². The number of nitrogens with one attached hydrogen (secondary N) is 1. The van der Waals surface area contributed by atoms with Crippen molar-refractivity contribution in [1.29, 1.82) is 0 Å². The van der Waals surface area contributed by atoms with Gasteiger partial charge in [0, 0.05) is 32.7 Å². The van der Waals surface area contributed by atoms with E-state index in [1.54, 1.807) is 11.8 Å². The van der Waals surface area contributed by atoms with E-state index >= 15 is 0 Å². The van der Waals surface area contributed by atoms with Crippen LogP contribution in [0.15, 0.2) is 4.99 Å². The van der Waals surface area contributed by atoms with Crippen LogP contribution in [0.5, 0.6) is 0 Å². The molecule has 0 unspecified atom stereocenters. The van der Waals surface area contributed by atoms with Crippen molar-refractivity contribution >= 4 is 22.1 Å². The van der Waals surface area contributed by atoms with Crippen LogP contribution in [0.2, 0.25) is 0 Å². The SMILES string of the molecule is CCNC(=NCCS(N)(=O)=O)N1CCN(C(=O)OCC)CC1. The Labute approximate surface area is 131 Å². The molecule has 0 radical (unpaired) electrons. The van der Waals surface area contributed by atoms with Crippen molar-refractivity contribution in [1.82, 2.24) is 15.1 Å². The monoisotopic (exact) mass is 335 g/mol. The molecule has 1 rings (SSSR count). The number of nitrogens with zero attached hydrogens (tertiary/aromatic N) is 3. The van der Waals surface area contributed by atoms with Gasteiger partial charge >= 0.3 is 6.09 Å². The maximum Gasteiger partial charge on any atom is 0.409 e. The normalized spacial score (nSPS) is 16.6. The molecule has 3 N–H and O–H groups in total. The number of hydrogen-bond donors (Lipinski definition) is 2. The highest BCUT2D eigenvalue weighted by atomic mass is 32.2. The minimum Gasteiger partial charge on any atom is -0.450 e. The molecule has 1 aliphatic rings. The van der Waals surface area contributed by atoms with Crippen molar-refractivity contribution in [3.8, 4) is 0 Å². The zero-order valence-electron chi connectivity index (χ0n) is 13.1. The minimum atomic E-state index is -3.51. The van der Waals surface area contributed by atoms with Crippen LogP contribution in [-0.2, 0) is 14.8 Å². The number of carbonyl (C=O) groups is 1. The molecule has 1 fully saturated rings. The first-order valence-corrected chi connectivity index (χ1v) is 9.04. The molecule has 0 spiro atoms. The number of hydrogen-bond acceptors (Lipinski definition) is 5. The van der Waals surface area contributed by atoms with Crippen LogP contribution < -0.4 is 10.5 Å². The molecule has 1 aliphatic heterocycles. The van der Waals surface area contributed by atoms with Crippen LogP contribution in [0, 0.1) is 0 Å². The summed E-state index contributed by atoms with van der Waals surface area (Å²) in [7, 11) is -3.51. The molecule has 128 valence electrons. The molecule has 1 amide bonds. The van der Waals surface area contributed by atoms with E-state index < -0.39 is 10.0 Å². The number of amides is 1. The van der Waals surface area contributed by atoms with Gasteiger partial charge < -0.3 is 19.9 Å². The molecule has 0 atom stereocenters. The van der Waals surface area contributed by atoms with Crippen LogP contribution in [0.25, 0.3) is 0 Å². The van der Waals surface area contributed by atoms with Crippen molar-refractivity contribution in [2.75, 3.05) is 51.6 Å². The highest BCUT2D eigenvalue weighted by Gasteiger charge is 2.23. The zero-order chi connectivity index (χ0) is 16.6. The van der Waals surface area contributed by atoms with E-state index in [-0.39, 0.29) is 18.4 Å². The lowest BCUT2D eigenvalue weighted by Gasteiger charge is -2.35. The van der Waals surface area contributed by atoms with Crippen LogP contribution >= 0.6 is 0 Å². The number of rotatable bonds is 5. The summed E-state index contributed by atoms with van der Waals surface area (Å²) in [5.74, 6) is 0.444. The van der Waals surface area contributed by atoms with E-state index in [1.165, 1.54) is 0 Å². The number of aliphatic imine (C=N–C) groups is 1. The molecular weight excluding hydrogens is 310 g/mol. The smallest absolute Gasteiger partial charge is 0.409 e. The summed E-state index contributed by atoms with van der Waals surface area (Å²) in [6.07, 6.45) is -0.307. The number of primary sulfonamides is 1. The third kappa shape index (κ3) is 6.48. The van der Waals surface area contributed by atoms with Gasteiger partial charge in [0.05, 0.1) is 18.9 Å². The third-order valence-electron chi connectivity index (χ3n) is 3.08. The number of piperazine rings is 1. The summed E-state index contributed by atoms with van der Waals surface area (Å²) < 4.78 is 26.9. The van der Waals surface area contributed by atoms with Gasteiger partial charge in [0.25, 0.3) is 0 Å². The summed E-state index contributed by atoms with van der Waals surface area (Å²) in [4.78, 5) is 19.5. The molecule has 10 heteroatoms. The Morgan fingerprint density at radius 1 is 1.23 bits per heavy atom. The summed E-state index contributed by atoms with van der Waals surface area (Å²) in [5, 5.41) is 8.08. The predicted molar refractivity (Wildman–Crippen MR) is 84.1 cm³/mol. The van der Waals surface area contributed by atoms with Gasteiger partial charge in [0.1, 0.15) is 0 Å². The van der Waals surface area contributed by atoms with Crippen molar-refractivity contribution < 1.29 is 17.9 Å². The Kier molecular flexibility index (Phi) is 7.39. The molecule has 22 heavy (non-hydrogen) atoms. The molecule has 0 bridgehead atoms. The summed E-state index contributed by atoms with van der Waals surface area (Å²) in [6.45, 7) is 7.15. The van der Waals surface area contributed by atoms with Crippen molar-refractivity contribution in [2.45, 2.75) is 13.8 Å². The van der Waals surface area contributed by atoms with E-state index in [0.717, 1.165) is 0 Å². The Morgan fingerprint density at radius 3 is 2.32 bits per heavy atom. The summed E-state index contributed by atoms with van der Waals surface area (Å²) >= 11 is 0. The van der Waals surface area contributed by atoms with Gasteiger partial charge in [-0.1, -0.05) is 0 Å². The second-order valence-electron chi connectivity index (χ2n) is 4.78. The minimum absolute atomic E-state index is 0.110. The Hall–Kier alpha value is -1.55. The maximum atomic E-state index is 11.6. The van der Waals surface area contributed by atoms with Crippen LogP contribution in [0.1, 0.15) is 13.8 Å². The summed E-state index contributed by atoms with van der Waals surface area (Å²) in [5.41, 5.74) is 0. The molecule has 0 aliphatic carbocycles. The van der Waals surface area contributed by atoms with Gasteiger partial charge in [-0.3, -0.25) is 4.99 Å². The molecule has 0 aromatic heterocycles. The fourth-order valence-corrected chi connectivity index (χ4v) is 2.37. The van der Waals surface area contributed by atoms with Crippen molar-refractivity contribution in [3.63, 3.8) is 0 Å². The first kappa shape index (κ1) is 18.5. The van der Waals surface area contributed by atoms with Crippen LogP contribution in [0.3, 0.4) is 0 Å². The molecule has 1 heterocycles. The number of guanidine groups is 1. The van der Waals surface area contributed by atoms with E-state index in [9.17, 15) is 13.2 Å². The fraction of sp³-hybridized carbons (Fsp3) is 0.833. The Bertz CT molecular complexity index is 486. The zero-order valence-corrected chi connectivity index (χ0v) is 13.9. The lowest BCUT2D eigenvalue weighted by Crippen LogP contribution is -2.54. The molecule has 0 saturated carbocycles. The van der Waals surface area contributed by atoms with E-state index in [4.69, 9.17) is 9.88 Å². The number of carbonyl (C=O) groups excluding carboxylic acids is 1. The quantitative estimate of drug-likeness (QED) is 0.492. The van der Waals surface area contributed by atoms with Gasteiger partial charge in [-0.2, -0.15) is 0 Å². The van der Waals surface area contributed by atoms with Crippen molar-refractivity contribution in [3.05, 3.63) is 0 Å². The van der Waals surface area contributed by atoms with Crippen LogP contribution in [-0.4, -0.2) is 81.9 Å². The highest BCUT2D eigenvalue weighted by Crippen LogP contribution is 2.04. The standard InChI is InChI=1S/C12H25N5O4S/c1-3-14-11(15-5-10-22(13,19)20)16-6-8-17(9-7-16)12(18)21-4-2/h3-10H2,1-2H3,(H,14,15)(H2,13,19,20). The summed E-state index contributed by atoms with van der Waals surface area (Å²) in [6, 6.07) is 0. The third-order valence-corrected chi connectivity index (χ3v) is 3.83. The van der Waals surface area contributed by atoms with Gasteiger partial charge in [0.15, 0.2) is 5.96 Å². The van der Waals surface area contributed by atoms with Crippen LogP contribution in [0.4, 0.5) is 4.79 Å². The molecular formula is C12H25N5O4S. The van der Waals surface area contributed by atoms with Gasteiger partial charge in [0.2, 0.25) is 10.0 Å². The number of sulfonamides is 1. The Balaban J connectivity index is 2.56. The maximum absolute atomic E-state index is 11.6. The lowest BCUT2D eigenvalue weighted by atomic mass is 10.3. The highest BCUT2D eigenvalue weighted by molar-refractivity contribution is 7.89. The first-order valence-electron chi connectivity index (χ1n) is 7.32. The largest absolute Gasteiger partial charge is 0.450 e. The average molecular weight is 335 g/mol. The second kappa shape index (κ2) is 8.79. The van der Waals surface area contributed by atoms with Crippen molar-refractivity contribution in [2.24, 2.45) is 10.1 Å². The topological polar surface area (TPSA) is 117 Å². The van der Waals surface area contributed by atoms with Gasteiger partial charge in [-0.05, 0) is 13.8 Å². The van der Waals surface area contributed by atoms with E-state index in [0.29, 0.717) is 45.3 Å². The molecule has 0 aromatic carbocycles. The number of nitrogens with two attached hydrogens (primary N) is 1. The molecule has 9 nitrogen and oxygen atoms in total. The predicted octanol–water partition coefficient (Wildman–Crippen LogP) is -0.985. The Morgan fingerprint density at radius 2 is 1.82 bits per heavy atom. The average Bonchev–Trinajstić information content (AvgIpc) is 2.45. The van der Waals surface area contributed by atoms with Gasteiger partial charge in [-0.25, -0.2) is 18.4 Å². The molecule has 1 saturated heterocycles. The fourth-order valence-electron chi connectivity index (χ4n) is 2.02. The van der Waals surface area contributed by atoms with E-state index in [1.807, 2.05) is 11.8 Å². The number of ether oxygens (including phenoxy) is 1.